The van der Waals surface area contributed by atoms with Gasteiger partial charge in [-0.3, -0.25) is 4.79 Å². The van der Waals surface area contributed by atoms with E-state index in [0.29, 0.717) is 0 Å². The van der Waals surface area contributed by atoms with Gasteiger partial charge in [-0.05, 0) is 56.2 Å². The van der Waals surface area contributed by atoms with Crippen molar-refractivity contribution < 1.29 is 9.21 Å². The summed E-state index contributed by atoms with van der Waals surface area (Å²) < 4.78 is 5.27. The van der Waals surface area contributed by atoms with Crippen molar-refractivity contribution in [2.24, 2.45) is 0 Å². The van der Waals surface area contributed by atoms with E-state index in [-0.39, 0.29) is 17.7 Å². The molecule has 3 heterocycles. The number of anilines is 2. The van der Waals surface area contributed by atoms with Crippen molar-refractivity contribution in [1.82, 2.24) is 4.98 Å². The zero-order chi connectivity index (χ0) is 21.1. The van der Waals surface area contributed by atoms with Gasteiger partial charge >= 0.3 is 0 Å². The third kappa shape index (κ3) is 4.14. The molecule has 1 atom stereocenters. The molecule has 5 nitrogen and oxygen atoms in total. The number of furan rings is 1. The highest BCUT2D eigenvalue weighted by Gasteiger charge is 2.25. The summed E-state index contributed by atoms with van der Waals surface area (Å²) >= 11 is 1.57. The Balaban J connectivity index is 1.77. The number of aromatic nitrogens is 1. The van der Waals surface area contributed by atoms with Crippen molar-refractivity contribution >= 4 is 28.1 Å². The smallest absolute Gasteiger partial charge is 0.291 e. The van der Waals surface area contributed by atoms with E-state index in [1.54, 1.807) is 29.7 Å². The predicted molar refractivity (Wildman–Crippen MR) is 121 cm³/mol. The lowest BCUT2D eigenvalue weighted by atomic mass is 9.95. The summed E-state index contributed by atoms with van der Waals surface area (Å²) in [5.41, 5.74) is 4.47. The Morgan fingerprint density at radius 1 is 1.03 bits per heavy atom. The van der Waals surface area contributed by atoms with Crippen molar-refractivity contribution in [3.8, 4) is 0 Å². The molecule has 0 aliphatic carbocycles. The molecule has 4 aromatic rings. The van der Waals surface area contributed by atoms with Gasteiger partial charge in [0.05, 0.1) is 12.3 Å². The van der Waals surface area contributed by atoms with Crippen LogP contribution in [0.15, 0.2) is 71.5 Å². The molecule has 0 aliphatic heterocycles. The van der Waals surface area contributed by atoms with Gasteiger partial charge in [0.2, 0.25) is 0 Å². The van der Waals surface area contributed by atoms with Crippen LogP contribution in [0.4, 0.5) is 10.8 Å². The quantitative estimate of drug-likeness (QED) is 0.397. The summed E-state index contributed by atoms with van der Waals surface area (Å²) in [6, 6.07) is 17.4. The fraction of sp³-hybridized carbons (Fsp3) is 0.167. The second kappa shape index (κ2) is 8.55. The molecule has 0 saturated heterocycles. The molecule has 0 aliphatic rings. The number of rotatable bonds is 6. The summed E-state index contributed by atoms with van der Waals surface area (Å²) in [5.74, 6) is 0.798. The molecule has 1 aromatic carbocycles. The summed E-state index contributed by atoms with van der Waals surface area (Å²) in [6.45, 7) is 6.23. The molecule has 0 unspecified atom stereocenters. The van der Waals surface area contributed by atoms with Crippen LogP contribution in [0.1, 0.15) is 43.7 Å². The minimum atomic E-state index is -0.261. The first-order valence-electron chi connectivity index (χ1n) is 9.72. The average Bonchev–Trinajstić information content (AvgIpc) is 3.37. The van der Waals surface area contributed by atoms with Crippen LogP contribution in [0.25, 0.3) is 0 Å². The summed E-state index contributed by atoms with van der Waals surface area (Å²) in [6.07, 6.45) is 3.26. The number of hydrogen-bond donors (Lipinski definition) is 2. The Morgan fingerprint density at radius 3 is 2.50 bits per heavy atom. The van der Waals surface area contributed by atoms with Crippen molar-refractivity contribution in [3.63, 3.8) is 0 Å². The number of aryl methyl sites for hydroxylation is 2. The van der Waals surface area contributed by atoms with E-state index in [1.165, 1.54) is 11.8 Å². The Bertz CT molecular complexity index is 1130. The molecule has 0 radical (unpaired) electrons. The van der Waals surface area contributed by atoms with Crippen molar-refractivity contribution in [1.29, 1.82) is 0 Å². The lowest BCUT2D eigenvalue weighted by molar-refractivity contribution is 0.0997. The highest BCUT2D eigenvalue weighted by molar-refractivity contribution is 7.16. The van der Waals surface area contributed by atoms with Crippen LogP contribution < -0.4 is 10.6 Å². The van der Waals surface area contributed by atoms with Gasteiger partial charge in [-0.1, -0.05) is 35.9 Å². The van der Waals surface area contributed by atoms with E-state index in [2.05, 4.69) is 60.7 Å². The maximum atomic E-state index is 12.7. The lowest BCUT2D eigenvalue weighted by Gasteiger charge is -2.22. The van der Waals surface area contributed by atoms with Crippen LogP contribution in [0, 0.1) is 20.8 Å². The van der Waals surface area contributed by atoms with Crippen LogP contribution in [0.2, 0.25) is 0 Å². The van der Waals surface area contributed by atoms with Gasteiger partial charge in [-0.2, -0.15) is 0 Å². The van der Waals surface area contributed by atoms with E-state index in [1.807, 2.05) is 18.2 Å². The van der Waals surface area contributed by atoms with Gasteiger partial charge < -0.3 is 15.1 Å². The van der Waals surface area contributed by atoms with Gasteiger partial charge in [0.15, 0.2) is 5.76 Å². The van der Waals surface area contributed by atoms with Crippen LogP contribution in [-0.2, 0) is 0 Å². The number of nitrogens with one attached hydrogen (secondary N) is 2. The molecule has 0 fully saturated rings. The number of thiophene rings is 1. The second-order valence-electron chi connectivity index (χ2n) is 7.16. The Labute approximate surface area is 179 Å². The van der Waals surface area contributed by atoms with Gasteiger partial charge in [-0.25, -0.2) is 4.98 Å². The summed E-state index contributed by atoms with van der Waals surface area (Å²) in [4.78, 5) is 18.3. The zero-order valence-electron chi connectivity index (χ0n) is 17.1. The molecule has 4 rings (SSSR count). The van der Waals surface area contributed by atoms with Crippen molar-refractivity contribution in [2.45, 2.75) is 26.8 Å². The first-order chi connectivity index (χ1) is 14.5. The van der Waals surface area contributed by atoms with E-state index in [0.717, 1.165) is 32.4 Å². The molecule has 0 bridgehead atoms. The molecule has 6 heteroatoms. The number of hydrogen-bond acceptors (Lipinski definition) is 5. The molecule has 152 valence electrons. The highest BCUT2D eigenvalue weighted by atomic mass is 32.1. The zero-order valence-corrected chi connectivity index (χ0v) is 17.9. The first kappa shape index (κ1) is 19.9. The minimum Gasteiger partial charge on any atom is -0.459 e. The minimum absolute atomic E-state index is 0.169. The fourth-order valence-electron chi connectivity index (χ4n) is 3.33. The fourth-order valence-corrected chi connectivity index (χ4v) is 4.43. The number of carbonyl (C=O) groups is 1. The largest absolute Gasteiger partial charge is 0.459 e. The van der Waals surface area contributed by atoms with Crippen LogP contribution in [-0.4, -0.2) is 10.9 Å². The third-order valence-electron chi connectivity index (χ3n) is 5.06. The Hall–Kier alpha value is -3.38. The second-order valence-corrected chi connectivity index (χ2v) is 8.39. The van der Waals surface area contributed by atoms with Gasteiger partial charge in [0.1, 0.15) is 10.8 Å². The van der Waals surface area contributed by atoms with Crippen molar-refractivity contribution in [2.75, 3.05) is 10.6 Å². The van der Waals surface area contributed by atoms with Crippen LogP contribution in [0.5, 0.6) is 0 Å². The van der Waals surface area contributed by atoms with Crippen molar-refractivity contribution in [3.05, 3.63) is 99.9 Å². The molecular weight excluding hydrogens is 394 g/mol. The first-order valence-corrected chi connectivity index (χ1v) is 10.5. The maximum Gasteiger partial charge on any atom is 0.291 e. The number of amides is 1. The molecule has 0 spiro atoms. The average molecular weight is 418 g/mol. The molecule has 30 heavy (non-hydrogen) atoms. The Kier molecular flexibility index (Phi) is 5.68. The monoisotopic (exact) mass is 417 g/mol. The van der Waals surface area contributed by atoms with E-state index < -0.39 is 0 Å². The van der Waals surface area contributed by atoms with Crippen LogP contribution in [0.3, 0.4) is 0 Å². The topological polar surface area (TPSA) is 67.2 Å². The molecular formula is C24H23N3O2S. The van der Waals surface area contributed by atoms with Crippen LogP contribution >= 0.6 is 11.3 Å². The molecule has 0 saturated carbocycles. The van der Waals surface area contributed by atoms with Gasteiger partial charge in [0.25, 0.3) is 5.91 Å². The molecule has 3 aromatic heterocycles. The standard InChI is InChI=1S/C24H23N3O2S/c1-15-9-11-18(12-10-15)22(26-20-8-4-5-13-25-20)21-16(2)17(3)30-24(21)27-23(28)19-7-6-14-29-19/h4-14,22H,1-3H3,(H,25,26)(H,27,28)/t22-/m0/s1. The van der Waals surface area contributed by atoms with E-state index >= 15 is 0 Å². The number of carbonyl (C=O) groups excluding carboxylic acids is 1. The lowest BCUT2D eigenvalue weighted by Crippen LogP contribution is -2.17. The normalized spacial score (nSPS) is 11.8. The van der Waals surface area contributed by atoms with E-state index in [4.69, 9.17) is 4.42 Å². The number of nitrogens with zero attached hydrogens (tertiary/aromatic N) is 1. The predicted octanol–water partition coefficient (Wildman–Crippen LogP) is 6.12. The summed E-state index contributed by atoms with van der Waals surface area (Å²) in [7, 11) is 0. The maximum absolute atomic E-state index is 12.7. The Morgan fingerprint density at radius 2 is 1.83 bits per heavy atom. The number of pyridine rings is 1. The van der Waals surface area contributed by atoms with Gasteiger partial charge in [0, 0.05) is 16.6 Å². The number of benzene rings is 1. The molecule has 1 amide bonds. The highest BCUT2D eigenvalue weighted by Crippen LogP contribution is 2.41. The SMILES string of the molecule is Cc1ccc([C@H](Nc2ccccn2)c2c(NC(=O)c3ccco3)sc(C)c2C)cc1. The molecule has 2 N–H and O–H groups in total. The summed E-state index contributed by atoms with van der Waals surface area (Å²) in [5, 5.41) is 7.41. The van der Waals surface area contributed by atoms with Gasteiger partial charge in [-0.15, -0.1) is 11.3 Å². The van der Waals surface area contributed by atoms with E-state index in [9.17, 15) is 4.79 Å². The third-order valence-corrected chi connectivity index (χ3v) is 6.20.